The number of aromatic nitrogens is 1. The second kappa shape index (κ2) is 12.0. The molecule has 1 aromatic rings. The number of thiazole rings is 1. The minimum Gasteiger partial charge on any atom is -0.458 e. The highest BCUT2D eigenvalue weighted by molar-refractivity contribution is 7.09. The third kappa shape index (κ3) is 7.06. The van der Waals surface area contributed by atoms with Crippen molar-refractivity contribution in [2.75, 3.05) is 0 Å². The summed E-state index contributed by atoms with van der Waals surface area (Å²) < 4.78 is 12.0. The van der Waals surface area contributed by atoms with Gasteiger partial charge in [0.15, 0.2) is 0 Å². The van der Waals surface area contributed by atoms with Crippen molar-refractivity contribution in [2.45, 2.75) is 117 Å². The average molecular weight is 537 g/mol. The number of esters is 1. The lowest BCUT2D eigenvalue weighted by atomic mass is 9.71. The molecule has 0 radical (unpaired) electrons. The third-order valence-corrected chi connectivity index (χ3v) is 9.19. The Labute approximate surface area is 224 Å². The smallest absolute Gasteiger partial charge is 0.309 e. The van der Waals surface area contributed by atoms with Crippen molar-refractivity contribution in [3.63, 3.8) is 0 Å². The second-order valence-electron chi connectivity index (χ2n) is 11.6. The molecule has 2 fully saturated rings. The van der Waals surface area contributed by atoms with E-state index in [4.69, 9.17) is 15.2 Å². The summed E-state index contributed by atoms with van der Waals surface area (Å²) in [5.41, 5.74) is 5.75. The first-order valence-corrected chi connectivity index (χ1v) is 14.3. The topological polar surface area (TPSA) is 135 Å². The van der Waals surface area contributed by atoms with Gasteiger partial charge in [-0.3, -0.25) is 9.59 Å². The highest BCUT2D eigenvalue weighted by Gasteiger charge is 2.53. The molecule has 0 unspecified atom stereocenters. The fraction of sp³-hybridized carbons (Fsp3) is 0.750. The molecule has 0 aliphatic carbocycles. The van der Waals surface area contributed by atoms with Gasteiger partial charge in [-0.15, -0.1) is 11.3 Å². The van der Waals surface area contributed by atoms with Crippen LogP contribution in [-0.4, -0.2) is 57.0 Å². The monoisotopic (exact) mass is 536 g/mol. The Bertz CT molecular complexity index is 991. The lowest BCUT2D eigenvalue weighted by Crippen LogP contribution is -2.46. The molecule has 3 heterocycles. The Morgan fingerprint density at radius 1 is 1.30 bits per heavy atom. The Morgan fingerprint density at radius 3 is 2.62 bits per heavy atom. The molecule has 4 N–H and O–H groups in total. The second-order valence-corrected chi connectivity index (χ2v) is 12.5. The maximum absolute atomic E-state index is 13.5. The van der Waals surface area contributed by atoms with Crippen LogP contribution in [-0.2, 0) is 25.6 Å². The molecule has 37 heavy (non-hydrogen) atoms. The van der Waals surface area contributed by atoms with Gasteiger partial charge in [-0.2, -0.15) is 0 Å². The van der Waals surface area contributed by atoms with E-state index in [2.05, 4.69) is 11.9 Å². The first kappa shape index (κ1) is 29.9. The molecule has 2 saturated heterocycles. The number of nitrogens with two attached hydrogens (primary N) is 1. The van der Waals surface area contributed by atoms with Gasteiger partial charge in [0, 0.05) is 24.3 Å². The minimum absolute atomic E-state index is 0.0665. The summed E-state index contributed by atoms with van der Waals surface area (Å²) in [4.78, 5) is 31.0. The molecule has 0 amide bonds. The predicted molar refractivity (Wildman–Crippen MR) is 144 cm³/mol. The fourth-order valence-electron chi connectivity index (χ4n) is 5.33. The summed E-state index contributed by atoms with van der Waals surface area (Å²) in [5.74, 6) is -1.50. The van der Waals surface area contributed by atoms with E-state index < -0.39 is 35.6 Å². The minimum atomic E-state index is -1.24. The molecule has 2 aliphatic rings. The van der Waals surface area contributed by atoms with E-state index in [-0.39, 0.29) is 29.8 Å². The number of fused-ring (bicyclic) bond motifs is 1. The van der Waals surface area contributed by atoms with Crippen LogP contribution in [0, 0.1) is 17.3 Å². The van der Waals surface area contributed by atoms with E-state index in [1.54, 1.807) is 13.8 Å². The average Bonchev–Trinajstić information content (AvgIpc) is 3.24. The molecule has 3 rings (SSSR count). The molecular weight excluding hydrogens is 492 g/mol. The normalized spacial score (nSPS) is 36.1. The molecule has 8 nitrogen and oxygen atoms in total. The van der Waals surface area contributed by atoms with Crippen molar-refractivity contribution in [1.82, 2.24) is 4.98 Å². The number of ketones is 1. The van der Waals surface area contributed by atoms with Gasteiger partial charge < -0.3 is 25.4 Å². The van der Waals surface area contributed by atoms with E-state index >= 15 is 0 Å². The molecule has 208 valence electrons. The van der Waals surface area contributed by atoms with Gasteiger partial charge in [-0.25, -0.2) is 4.98 Å². The van der Waals surface area contributed by atoms with E-state index in [1.165, 1.54) is 11.3 Å². The molecule has 7 atom stereocenters. The number of aliphatic hydroxyl groups excluding tert-OH is 2. The first-order valence-electron chi connectivity index (χ1n) is 13.4. The third-order valence-electron chi connectivity index (χ3n) is 8.30. The van der Waals surface area contributed by atoms with E-state index in [0.29, 0.717) is 19.4 Å². The number of nitrogens with zero attached hydrogens (tertiary/aromatic N) is 1. The quantitative estimate of drug-likeness (QED) is 0.388. The number of Topliss-reactive ketones (excluding diaryl/α,β-unsaturated/α-hetero) is 1. The summed E-state index contributed by atoms with van der Waals surface area (Å²) in [6.07, 6.45) is 2.30. The van der Waals surface area contributed by atoms with Crippen LogP contribution in [0.4, 0.5) is 0 Å². The van der Waals surface area contributed by atoms with Crippen molar-refractivity contribution >= 4 is 29.2 Å². The number of rotatable bonds is 4. The van der Waals surface area contributed by atoms with Crippen LogP contribution >= 0.6 is 11.3 Å². The number of epoxide rings is 1. The van der Waals surface area contributed by atoms with Gasteiger partial charge in [0.25, 0.3) is 0 Å². The molecule has 0 aromatic carbocycles. The maximum atomic E-state index is 13.5. The number of aliphatic hydroxyl groups is 2. The Hall–Kier alpha value is -1.65. The van der Waals surface area contributed by atoms with Gasteiger partial charge in [0.1, 0.15) is 16.9 Å². The van der Waals surface area contributed by atoms with Gasteiger partial charge in [-0.05, 0) is 50.7 Å². The number of hydrogen-bond acceptors (Lipinski definition) is 9. The number of carbonyl (C=O) groups excluding carboxylic acids is 2. The van der Waals surface area contributed by atoms with E-state index in [0.717, 1.165) is 35.5 Å². The Morgan fingerprint density at radius 2 is 2.00 bits per heavy atom. The van der Waals surface area contributed by atoms with Crippen molar-refractivity contribution in [2.24, 2.45) is 23.0 Å². The molecule has 0 spiro atoms. The lowest BCUT2D eigenvalue weighted by molar-refractivity contribution is -0.154. The summed E-state index contributed by atoms with van der Waals surface area (Å²) in [5, 5.41) is 24.7. The molecule has 0 saturated carbocycles. The van der Waals surface area contributed by atoms with Gasteiger partial charge in [0.2, 0.25) is 0 Å². The number of carbonyl (C=O) groups is 2. The van der Waals surface area contributed by atoms with Gasteiger partial charge in [0.05, 0.1) is 41.4 Å². The lowest BCUT2D eigenvalue weighted by Gasteiger charge is -2.35. The zero-order chi connectivity index (χ0) is 27.5. The standard InChI is InChI=1S/C28H44N2O6S/c1-7-19-25(33)16(2)9-8-10-28(6)22(36-28)12-20(17(3)11-18-15-37-23(14-29)30-18)35-24(32)13-21(31)27(4,5)26(19)34/h11,15-16,19-22,25,31,33H,7-10,12-14,29H2,1-6H3/b17-11+/t16-,19+,20-,21-,22-,25-,28+/m0/s1. The maximum Gasteiger partial charge on any atom is 0.309 e. The molecule has 9 heteroatoms. The summed E-state index contributed by atoms with van der Waals surface area (Å²) in [6, 6.07) is 0. The number of ether oxygens (including phenoxy) is 2. The van der Waals surface area contributed by atoms with E-state index in [1.807, 2.05) is 32.2 Å². The van der Waals surface area contributed by atoms with Crippen LogP contribution in [0.2, 0.25) is 0 Å². The van der Waals surface area contributed by atoms with Crippen LogP contribution in [0.5, 0.6) is 0 Å². The van der Waals surface area contributed by atoms with Gasteiger partial charge >= 0.3 is 5.97 Å². The zero-order valence-electron chi connectivity index (χ0n) is 23.0. The molecular formula is C28H44N2O6S. The highest BCUT2D eigenvalue weighted by Crippen LogP contribution is 2.45. The van der Waals surface area contributed by atoms with Gasteiger partial charge in [-0.1, -0.05) is 34.1 Å². The Balaban J connectivity index is 1.87. The largest absolute Gasteiger partial charge is 0.458 e. The first-order chi connectivity index (χ1) is 17.3. The van der Waals surface area contributed by atoms with E-state index in [9.17, 15) is 19.8 Å². The SMILES string of the molecule is CC[C@H]1C(=O)C(C)(C)[C@@H](O)CC(=O)O[C@H](/C(C)=C/c2csc(CN)n2)C[C@@H]2O[C@]2(C)CCC[C@H](C)[C@@H]1O. The van der Waals surface area contributed by atoms with Crippen LogP contribution in [0.3, 0.4) is 0 Å². The zero-order valence-corrected chi connectivity index (χ0v) is 23.8. The fourth-order valence-corrected chi connectivity index (χ4v) is 5.96. The molecule has 1 aromatic heterocycles. The van der Waals surface area contributed by atoms with Crippen molar-refractivity contribution in [3.8, 4) is 0 Å². The van der Waals surface area contributed by atoms with Crippen molar-refractivity contribution in [1.29, 1.82) is 0 Å². The summed E-state index contributed by atoms with van der Waals surface area (Å²) in [7, 11) is 0. The van der Waals surface area contributed by atoms with Crippen LogP contribution < -0.4 is 5.73 Å². The molecule has 2 aliphatic heterocycles. The van der Waals surface area contributed by atoms with Crippen LogP contribution in [0.25, 0.3) is 6.08 Å². The highest BCUT2D eigenvalue weighted by atomic mass is 32.1. The van der Waals surface area contributed by atoms with Crippen molar-refractivity contribution < 1.29 is 29.3 Å². The number of cyclic esters (lactones) is 1. The number of hydrogen-bond donors (Lipinski definition) is 3. The van der Waals surface area contributed by atoms with Crippen LogP contribution in [0.1, 0.15) is 90.8 Å². The Kier molecular flexibility index (Phi) is 9.72. The summed E-state index contributed by atoms with van der Waals surface area (Å²) >= 11 is 1.48. The van der Waals surface area contributed by atoms with Crippen LogP contribution in [0.15, 0.2) is 11.0 Å². The predicted octanol–water partition coefficient (Wildman–Crippen LogP) is 4.02. The molecule has 0 bridgehead atoms. The van der Waals surface area contributed by atoms with Crippen molar-refractivity contribution in [3.05, 3.63) is 21.7 Å². The summed E-state index contributed by atoms with van der Waals surface area (Å²) in [6.45, 7) is 11.5.